The molecule has 0 spiro atoms. The minimum Gasteiger partial charge on any atom is -0.313 e. The van der Waals surface area contributed by atoms with E-state index in [1.165, 1.54) is 12.8 Å². The molecule has 2 unspecified atom stereocenters. The molecule has 0 amide bonds. The Hall–Kier alpha value is -0.170. The Morgan fingerprint density at radius 2 is 2.00 bits per heavy atom. The van der Waals surface area contributed by atoms with Crippen molar-refractivity contribution in [2.45, 2.75) is 58.2 Å². The highest BCUT2D eigenvalue weighted by atomic mass is 32.2. The number of piperidine rings is 1. The van der Waals surface area contributed by atoms with Gasteiger partial charge in [0.2, 0.25) is 10.0 Å². The number of nitrogens with one attached hydrogen (secondary N) is 1. The van der Waals surface area contributed by atoms with Gasteiger partial charge in [0, 0.05) is 37.8 Å². The Kier molecular flexibility index (Phi) is 5.45. The third-order valence-electron chi connectivity index (χ3n) is 4.40. The van der Waals surface area contributed by atoms with Crippen LogP contribution in [0.25, 0.3) is 0 Å². The van der Waals surface area contributed by atoms with Crippen molar-refractivity contribution in [3.63, 3.8) is 0 Å². The molecule has 0 aromatic heterocycles. The first-order valence-electron chi connectivity index (χ1n) is 7.87. The molecular weight excluding hydrogens is 274 g/mol. The van der Waals surface area contributed by atoms with Gasteiger partial charge in [-0.25, -0.2) is 8.42 Å². The van der Waals surface area contributed by atoms with E-state index in [9.17, 15) is 8.42 Å². The summed E-state index contributed by atoms with van der Waals surface area (Å²) in [5.74, 6) is 0.211. The summed E-state index contributed by atoms with van der Waals surface area (Å²) >= 11 is 0. The molecule has 2 saturated heterocycles. The molecule has 1 N–H and O–H groups in total. The maximum Gasteiger partial charge on any atom is 0.215 e. The van der Waals surface area contributed by atoms with Gasteiger partial charge in [0.15, 0.2) is 0 Å². The zero-order chi connectivity index (χ0) is 14.8. The number of nitrogens with zero attached hydrogens (tertiary/aromatic N) is 2. The fourth-order valence-electron chi connectivity index (χ4n) is 3.31. The molecule has 6 heteroatoms. The monoisotopic (exact) mass is 303 g/mol. The molecule has 20 heavy (non-hydrogen) atoms. The van der Waals surface area contributed by atoms with Crippen LogP contribution in [0.1, 0.15) is 40.0 Å². The Bertz CT molecular complexity index is 411. The molecule has 0 aromatic rings. The van der Waals surface area contributed by atoms with Crippen molar-refractivity contribution >= 4 is 10.0 Å². The van der Waals surface area contributed by atoms with Gasteiger partial charge in [-0.15, -0.1) is 0 Å². The SMILES string of the molecule is CC(C)NCCS(=O)(=O)N1CC2CCCCN2CC1C. The lowest BCUT2D eigenvalue weighted by molar-refractivity contribution is 0.0565. The van der Waals surface area contributed by atoms with Crippen molar-refractivity contribution < 1.29 is 8.42 Å². The average Bonchev–Trinajstić information content (AvgIpc) is 2.37. The molecule has 5 nitrogen and oxygen atoms in total. The summed E-state index contributed by atoms with van der Waals surface area (Å²) in [5.41, 5.74) is 0. The van der Waals surface area contributed by atoms with Crippen LogP contribution in [-0.4, -0.2) is 67.7 Å². The van der Waals surface area contributed by atoms with Crippen LogP contribution in [0.15, 0.2) is 0 Å². The van der Waals surface area contributed by atoms with E-state index < -0.39 is 10.0 Å². The molecule has 118 valence electrons. The lowest BCUT2D eigenvalue weighted by Gasteiger charge is -2.46. The van der Waals surface area contributed by atoms with Crippen LogP contribution in [0.3, 0.4) is 0 Å². The van der Waals surface area contributed by atoms with Crippen LogP contribution in [-0.2, 0) is 10.0 Å². The van der Waals surface area contributed by atoms with E-state index in [2.05, 4.69) is 10.2 Å². The zero-order valence-corrected chi connectivity index (χ0v) is 13.8. The molecular formula is C14H29N3O2S. The van der Waals surface area contributed by atoms with Gasteiger partial charge < -0.3 is 5.32 Å². The molecule has 2 aliphatic heterocycles. The van der Waals surface area contributed by atoms with Gasteiger partial charge >= 0.3 is 0 Å². The highest BCUT2D eigenvalue weighted by molar-refractivity contribution is 7.89. The molecule has 2 fully saturated rings. The third kappa shape index (κ3) is 3.93. The van der Waals surface area contributed by atoms with Gasteiger partial charge in [-0.05, 0) is 26.3 Å². The van der Waals surface area contributed by atoms with Crippen LogP contribution in [0.2, 0.25) is 0 Å². The lowest BCUT2D eigenvalue weighted by Crippen LogP contribution is -2.60. The minimum atomic E-state index is -3.13. The van der Waals surface area contributed by atoms with E-state index in [4.69, 9.17) is 0 Å². The number of rotatable bonds is 5. The van der Waals surface area contributed by atoms with Crippen LogP contribution >= 0.6 is 0 Å². The van der Waals surface area contributed by atoms with Crippen molar-refractivity contribution in [2.24, 2.45) is 0 Å². The smallest absolute Gasteiger partial charge is 0.215 e. The summed E-state index contributed by atoms with van der Waals surface area (Å²) in [5, 5.41) is 3.20. The highest BCUT2D eigenvalue weighted by Crippen LogP contribution is 2.25. The molecule has 0 saturated carbocycles. The molecule has 2 aliphatic rings. The molecule has 0 aromatic carbocycles. The van der Waals surface area contributed by atoms with E-state index in [1.54, 1.807) is 4.31 Å². The van der Waals surface area contributed by atoms with Crippen molar-refractivity contribution in [3.05, 3.63) is 0 Å². The number of fused-ring (bicyclic) bond motifs is 1. The molecule has 2 heterocycles. The van der Waals surface area contributed by atoms with Crippen molar-refractivity contribution in [2.75, 3.05) is 31.9 Å². The molecule has 2 rings (SSSR count). The highest BCUT2D eigenvalue weighted by Gasteiger charge is 2.38. The Morgan fingerprint density at radius 3 is 2.70 bits per heavy atom. The van der Waals surface area contributed by atoms with Gasteiger partial charge in [0.1, 0.15) is 0 Å². The number of piperazine rings is 1. The summed E-state index contributed by atoms with van der Waals surface area (Å²) in [7, 11) is -3.13. The standard InChI is InChI=1S/C14H29N3O2S/c1-12(2)15-7-9-20(18,19)17-11-14-6-4-5-8-16(14)10-13(17)3/h12-15H,4-11H2,1-3H3. The van der Waals surface area contributed by atoms with E-state index in [0.717, 1.165) is 19.5 Å². The van der Waals surface area contributed by atoms with Crippen LogP contribution < -0.4 is 5.32 Å². The predicted octanol–water partition coefficient (Wildman–Crippen LogP) is 0.873. The number of hydrogen-bond donors (Lipinski definition) is 1. The molecule has 0 radical (unpaired) electrons. The summed E-state index contributed by atoms with van der Waals surface area (Å²) in [6.07, 6.45) is 3.63. The van der Waals surface area contributed by atoms with Gasteiger partial charge in [-0.3, -0.25) is 4.90 Å². The van der Waals surface area contributed by atoms with Crippen molar-refractivity contribution in [3.8, 4) is 0 Å². The van der Waals surface area contributed by atoms with Crippen LogP contribution in [0, 0.1) is 0 Å². The normalized spacial score (nSPS) is 29.6. The van der Waals surface area contributed by atoms with Gasteiger partial charge in [0.05, 0.1) is 5.75 Å². The summed E-state index contributed by atoms with van der Waals surface area (Å²) in [6.45, 7) is 9.37. The van der Waals surface area contributed by atoms with Gasteiger partial charge in [-0.1, -0.05) is 20.3 Å². The maximum absolute atomic E-state index is 12.5. The molecule has 0 aliphatic carbocycles. The lowest BCUT2D eigenvalue weighted by atomic mass is 9.99. The van der Waals surface area contributed by atoms with Crippen LogP contribution in [0.5, 0.6) is 0 Å². The zero-order valence-electron chi connectivity index (χ0n) is 13.0. The molecule has 0 bridgehead atoms. The summed E-state index contributed by atoms with van der Waals surface area (Å²) < 4.78 is 26.8. The topological polar surface area (TPSA) is 52.7 Å². The first kappa shape index (κ1) is 16.2. The van der Waals surface area contributed by atoms with E-state index in [1.807, 2.05) is 20.8 Å². The van der Waals surface area contributed by atoms with E-state index in [0.29, 0.717) is 25.2 Å². The Labute approximate surface area is 123 Å². The summed E-state index contributed by atoms with van der Waals surface area (Å²) in [4.78, 5) is 2.48. The number of sulfonamides is 1. The predicted molar refractivity (Wildman–Crippen MR) is 82.3 cm³/mol. The van der Waals surface area contributed by atoms with E-state index in [-0.39, 0.29) is 11.8 Å². The first-order valence-corrected chi connectivity index (χ1v) is 9.48. The van der Waals surface area contributed by atoms with Crippen LogP contribution in [0.4, 0.5) is 0 Å². The minimum absolute atomic E-state index is 0.105. The Balaban J connectivity index is 1.96. The largest absolute Gasteiger partial charge is 0.313 e. The van der Waals surface area contributed by atoms with Gasteiger partial charge in [-0.2, -0.15) is 4.31 Å². The fourth-order valence-corrected chi connectivity index (χ4v) is 4.93. The second-order valence-electron chi connectivity index (χ2n) is 6.49. The van der Waals surface area contributed by atoms with E-state index >= 15 is 0 Å². The Morgan fingerprint density at radius 1 is 1.25 bits per heavy atom. The van der Waals surface area contributed by atoms with Crippen molar-refractivity contribution in [1.82, 2.24) is 14.5 Å². The first-order chi connectivity index (χ1) is 9.40. The van der Waals surface area contributed by atoms with Gasteiger partial charge in [0.25, 0.3) is 0 Å². The quantitative estimate of drug-likeness (QED) is 0.819. The molecule has 2 atom stereocenters. The third-order valence-corrected chi connectivity index (χ3v) is 6.34. The second-order valence-corrected chi connectivity index (χ2v) is 8.53. The fraction of sp³-hybridized carbons (Fsp3) is 1.00. The van der Waals surface area contributed by atoms with Crippen molar-refractivity contribution in [1.29, 1.82) is 0 Å². The maximum atomic E-state index is 12.5. The summed E-state index contributed by atoms with van der Waals surface area (Å²) in [6, 6.07) is 0.874. The average molecular weight is 303 g/mol. The number of hydrogen-bond acceptors (Lipinski definition) is 4. The second kappa shape index (κ2) is 6.73.